The molecule has 0 radical (unpaired) electrons. The molecule has 2 fully saturated rings. The standard InChI is InChI=1S/C18H18FN3O3S/c19-13-3-1-4-14(7-13)22-11-18(25-8-16(22)23)5-2-6-21(10-18)17(24)15-9-26-12-20-15/h1,3-4,7,9,12H,2,5-6,8,10-11H2. The van der Waals surface area contributed by atoms with Gasteiger partial charge in [0, 0.05) is 17.6 Å². The van der Waals surface area contributed by atoms with Crippen molar-refractivity contribution in [3.05, 3.63) is 46.7 Å². The molecule has 1 aromatic carbocycles. The van der Waals surface area contributed by atoms with E-state index in [4.69, 9.17) is 4.74 Å². The summed E-state index contributed by atoms with van der Waals surface area (Å²) >= 11 is 1.38. The summed E-state index contributed by atoms with van der Waals surface area (Å²) in [5, 5.41) is 1.73. The van der Waals surface area contributed by atoms with Gasteiger partial charge in [-0.05, 0) is 31.0 Å². The zero-order chi connectivity index (χ0) is 18.1. The second-order valence-corrected chi connectivity index (χ2v) is 7.35. The molecule has 1 spiro atoms. The molecule has 3 heterocycles. The van der Waals surface area contributed by atoms with Gasteiger partial charge in [-0.1, -0.05) is 6.07 Å². The van der Waals surface area contributed by atoms with Gasteiger partial charge in [-0.2, -0.15) is 0 Å². The lowest BCUT2D eigenvalue weighted by Crippen LogP contribution is -2.62. The van der Waals surface area contributed by atoms with Crippen LogP contribution >= 0.6 is 11.3 Å². The Morgan fingerprint density at radius 3 is 3.00 bits per heavy atom. The van der Waals surface area contributed by atoms with Gasteiger partial charge in [0.1, 0.15) is 23.7 Å². The van der Waals surface area contributed by atoms with E-state index in [9.17, 15) is 14.0 Å². The second-order valence-electron chi connectivity index (χ2n) is 6.64. The normalized spacial score (nSPS) is 23.5. The summed E-state index contributed by atoms with van der Waals surface area (Å²) in [6, 6.07) is 5.98. The highest BCUT2D eigenvalue weighted by Gasteiger charge is 2.44. The molecule has 1 unspecified atom stereocenters. The highest BCUT2D eigenvalue weighted by Crippen LogP contribution is 2.32. The average molecular weight is 375 g/mol. The van der Waals surface area contributed by atoms with Crippen LogP contribution < -0.4 is 4.90 Å². The number of carbonyl (C=O) groups is 2. The minimum absolute atomic E-state index is 0.0742. The molecule has 0 N–H and O–H groups in total. The highest BCUT2D eigenvalue weighted by atomic mass is 32.1. The van der Waals surface area contributed by atoms with Crippen molar-refractivity contribution < 1.29 is 18.7 Å². The average Bonchev–Trinajstić information content (AvgIpc) is 3.18. The van der Waals surface area contributed by atoms with Gasteiger partial charge >= 0.3 is 0 Å². The van der Waals surface area contributed by atoms with E-state index >= 15 is 0 Å². The van der Waals surface area contributed by atoms with Crippen LogP contribution in [0.4, 0.5) is 10.1 Å². The Balaban J connectivity index is 1.55. The fraction of sp³-hybridized carbons (Fsp3) is 0.389. The Kier molecular flexibility index (Phi) is 4.46. The van der Waals surface area contributed by atoms with Crippen LogP contribution in [-0.4, -0.2) is 53.5 Å². The minimum atomic E-state index is -0.635. The second kappa shape index (κ2) is 6.77. The Labute approximate surface area is 154 Å². The van der Waals surface area contributed by atoms with E-state index in [1.165, 1.54) is 23.5 Å². The van der Waals surface area contributed by atoms with Gasteiger partial charge in [0.15, 0.2) is 0 Å². The van der Waals surface area contributed by atoms with Crippen LogP contribution in [0.25, 0.3) is 0 Å². The highest BCUT2D eigenvalue weighted by molar-refractivity contribution is 7.07. The van der Waals surface area contributed by atoms with Gasteiger partial charge in [0.25, 0.3) is 11.8 Å². The Morgan fingerprint density at radius 1 is 1.35 bits per heavy atom. The van der Waals surface area contributed by atoms with E-state index in [0.717, 1.165) is 12.8 Å². The van der Waals surface area contributed by atoms with Crippen molar-refractivity contribution in [2.45, 2.75) is 18.4 Å². The van der Waals surface area contributed by atoms with E-state index in [1.807, 2.05) is 0 Å². The molecule has 0 bridgehead atoms. The van der Waals surface area contributed by atoms with Gasteiger partial charge in [-0.25, -0.2) is 9.37 Å². The number of thiazole rings is 1. The Morgan fingerprint density at radius 2 is 2.23 bits per heavy atom. The first-order valence-corrected chi connectivity index (χ1v) is 9.38. The maximum Gasteiger partial charge on any atom is 0.273 e. The molecule has 0 aliphatic carbocycles. The van der Waals surface area contributed by atoms with Gasteiger partial charge < -0.3 is 14.5 Å². The van der Waals surface area contributed by atoms with Crippen LogP contribution in [0.3, 0.4) is 0 Å². The first kappa shape index (κ1) is 17.1. The van der Waals surface area contributed by atoms with Gasteiger partial charge in [0.2, 0.25) is 0 Å². The molecule has 0 saturated carbocycles. The summed E-state index contributed by atoms with van der Waals surface area (Å²) in [4.78, 5) is 32.3. The number of carbonyl (C=O) groups excluding carboxylic acids is 2. The van der Waals surface area contributed by atoms with Crippen molar-refractivity contribution in [2.24, 2.45) is 0 Å². The maximum atomic E-state index is 13.6. The number of morpholine rings is 1. The lowest BCUT2D eigenvalue weighted by molar-refractivity contribution is -0.144. The minimum Gasteiger partial charge on any atom is -0.361 e. The van der Waals surface area contributed by atoms with E-state index in [1.54, 1.807) is 32.8 Å². The number of likely N-dealkylation sites (tertiary alicyclic amines) is 1. The van der Waals surface area contributed by atoms with Crippen LogP contribution in [0.15, 0.2) is 35.2 Å². The molecule has 2 aliphatic heterocycles. The summed E-state index contributed by atoms with van der Waals surface area (Å²) in [5.41, 5.74) is 1.94. The molecular weight excluding hydrogens is 357 g/mol. The van der Waals surface area contributed by atoms with Crippen molar-refractivity contribution in [1.29, 1.82) is 0 Å². The lowest BCUT2D eigenvalue weighted by Gasteiger charge is -2.47. The number of hydrogen-bond donors (Lipinski definition) is 0. The van der Waals surface area contributed by atoms with E-state index in [-0.39, 0.29) is 24.2 Å². The molecule has 2 amide bonds. The molecule has 2 aromatic rings. The quantitative estimate of drug-likeness (QED) is 0.808. The molecule has 4 rings (SSSR count). The number of rotatable bonds is 2. The first-order valence-electron chi connectivity index (χ1n) is 8.44. The van der Waals surface area contributed by atoms with Crippen LogP contribution in [0, 0.1) is 5.82 Å². The molecule has 2 saturated heterocycles. The smallest absolute Gasteiger partial charge is 0.273 e. The molecule has 1 aromatic heterocycles. The number of nitrogens with zero attached hydrogens (tertiary/aromatic N) is 3. The Hall–Kier alpha value is -2.32. The van der Waals surface area contributed by atoms with Crippen molar-refractivity contribution in [3.63, 3.8) is 0 Å². The molecule has 1 atom stereocenters. The van der Waals surface area contributed by atoms with Gasteiger partial charge in [-0.15, -0.1) is 11.3 Å². The SMILES string of the molecule is O=C(c1cscn1)N1CCCC2(C1)CN(c1cccc(F)c1)C(=O)CO2. The predicted molar refractivity (Wildman–Crippen MR) is 94.7 cm³/mol. The van der Waals surface area contributed by atoms with Crippen molar-refractivity contribution in [3.8, 4) is 0 Å². The predicted octanol–water partition coefficient (Wildman–Crippen LogP) is 2.32. The zero-order valence-corrected chi connectivity index (χ0v) is 14.9. The monoisotopic (exact) mass is 375 g/mol. The number of ether oxygens (including phenoxy) is 1. The summed E-state index contributed by atoms with van der Waals surface area (Å²) in [7, 11) is 0. The lowest BCUT2D eigenvalue weighted by atomic mass is 9.90. The largest absolute Gasteiger partial charge is 0.361 e. The van der Waals surface area contributed by atoms with Crippen molar-refractivity contribution in [2.75, 3.05) is 31.1 Å². The number of aromatic nitrogens is 1. The third-order valence-electron chi connectivity index (χ3n) is 4.85. The maximum absolute atomic E-state index is 13.6. The summed E-state index contributed by atoms with van der Waals surface area (Å²) in [6.45, 7) is 1.25. The molecule has 8 heteroatoms. The van der Waals surface area contributed by atoms with Gasteiger partial charge in [0.05, 0.1) is 18.6 Å². The fourth-order valence-corrected chi connectivity index (χ4v) is 4.12. The summed E-state index contributed by atoms with van der Waals surface area (Å²) < 4.78 is 19.5. The number of anilines is 1. The summed E-state index contributed by atoms with van der Waals surface area (Å²) in [6.07, 6.45) is 1.52. The molecular formula is C18H18FN3O3S. The van der Waals surface area contributed by atoms with E-state index in [0.29, 0.717) is 31.0 Å². The number of hydrogen-bond acceptors (Lipinski definition) is 5. The number of piperidine rings is 1. The van der Waals surface area contributed by atoms with Crippen LogP contribution in [0.5, 0.6) is 0 Å². The first-order chi connectivity index (χ1) is 12.6. The van der Waals surface area contributed by atoms with Crippen LogP contribution in [-0.2, 0) is 9.53 Å². The molecule has 136 valence electrons. The topological polar surface area (TPSA) is 62.7 Å². The van der Waals surface area contributed by atoms with Crippen molar-refractivity contribution in [1.82, 2.24) is 9.88 Å². The molecule has 26 heavy (non-hydrogen) atoms. The number of amides is 2. The van der Waals surface area contributed by atoms with Gasteiger partial charge in [-0.3, -0.25) is 9.59 Å². The van der Waals surface area contributed by atoms with E-state index < -0.39 is 5.60 Å². The summed E-state index contributed by atoms with van der Waals surface area (Å²) in [5.74, 6) is -0.716. The molecule has 2 aliphatic rings. The molecule has 6 nitrogen and oxygen atoms in total. The van der Waals surface area contributed by atoms with Crippen molar-refractivity contribution >= 4 is 28.8 Å². The number of halogens is 1. The Bertz CT molecular complexity index is 829. The fourth-order valence-electron chi connectivity index (χ4n) is 3.59. The third-order valence-corrected chi connectivity index (χ3v) is 5.43. The number of benzene rings is 1. The van der Waals surface area contributed by atoms with Crippen LogP contribution in [0.1, 0.15) is 23.3 Å². The van der Waals surface area contributed by atoms with Crippen LogP contribution in [0.2, 0.25) is 0 Å². The third kappa shape index (κ3) is 3.22. The zero-order valence-electron chi connectivity index (χ0n) is 14.1. The van der Waals surface area contributed by atoms with E-state index in [2.05, 4.69) is 4.98 Å².